The second kappa shape index (κ2) is 15.2. The fraction of sp³-hybridized carbons (Fsp3) is 0.438. The molecule has 0 aliphatic rings. The second-order valence-corrected chi connectivity index (χ2v) is 9.27. The van der Waals surface area contributed by atoms with E-state index in [0.29, 0.717) is 6.61 Å². The fourth-order valence-electron chi connectivity index (χ4n) is 4.32. The molecule has 0 spiro atoms. The van der Waals surface area contributed by atoms with Crippen LogP contribution in [0.1, 0.15) is 82.8 Å². The number of rotatable bonds is 16. The summed E-state index contributed by atoms with van der Waals surface area (Å²) < 4.78 is 26.1. The van der Waals surface area contributed by atoms with E-state index in [9.17, 15) is 4.39 Å². The molecule has 0 saturated heterocycles. The molecule has 0 saturated carbocycles. The van der Waals surface area contributed by atoms with Crippen LogP contribution in [0.3, 0.4) is 0 Å². The van der Waals surface area contributed by atoms with Gasteiger partial charge in [0, 0.05) is 11.6 Å². The lowest BCUT2D eigenvalue weighted by molar-refractivity contribution is 0.288. The van der Waals surface area contributed by atoms with Crippen molar-refractivity contribution in [2.24, 2.45) is 0 Å². The lowest BCUT2D eigenvalue weighted by Gasteiger charge is -2.18. The summed E-state index contributed by atoms with van der Waals surface area (Å²) in [7, 11) is 0. The van der Waals surface area contributed by atoms with Crippen LogP contribution in [-0.4, -0.2) is 6.61 Å². The molecule has 0 unspecified atom stereocenters. The Morgan fingerprint density at radius 3 is 1.97 bits per heavy atom. The maximum atomic E-state index is 13.6. The smallest absolute Gasteiger partial charge is 0.131 e. The summed E-state index contributed by atoms with van der Waals surface area (Å²) in [4.78, 5) is 0. The molecule has 0 N–H and O–H groups in total. The molecule has 0 heterocycles. The second-order valence-electron chi connectivity index (χ2n) is 9.27. The summed E-state index contributed by atoms with van der Waals surface area (Å²) >= 11 is 0. The number of benzene rings is 3. The Bertz CT molecular complexity index is 982. The van der Waals surface area contributed by atoms with Crippen LogP contribution < -0.4 is 9.47 Å². The van der Waals surface area contributed by atoms with Crippen LogP contribution in [0.5, 0.6) is 11.5 Å². The monoisotopic (exact) mass is 476 g/mol. The van der Waals surface area contributed by atoms with E-state index in [1.807, 2.05) is 36.4 Å². The van der Waals surface area contributed by atoms with Crippen molar-refractivity contribution in [3.05, 3.63) is 83.7 Å². The van der Waals surface area contributed by atoms with E-state index in [2.05, 4.69) is 32.0 Å². The molecule has 0 radical (unpaired) electrons. The van der Waals surface area contributed by atoms with Crippen molar-refractivity contribution < 1.29 is 13.9 Å². The standard InChI is InChI=1S/C32H41FO2/c1-3-5-6-7-8-9-10-11-15-22-34-31-24-32(35-25-26-16-13-12-14-17-26)30(23-27(31)4-2)28-18-20-29(33)21-19-28/h12-14,16-21,23-24H,3-11,15,22,25H2,1-2H3. The fourth-order valence-corrected chi connectivity index (χ4v) is 4.32. The van der Waals surface area contributed by atoms with Gasteiger partial charge in [-0.05, 0) is 47.7 Å². The molecule has 0 aromatic heterocycles. The summed E-state index contributed by atoms with van der Waals surface area (Å²) in [6.07, 6.45) is 12.5. The molecule has 0 aliphatic carbocycles. The Hall–Kier alpha value is -2.81. The molecule has 0 amide bonds. The predicted octanol–water partition coefficient (Wildman–Crippen LogP) is 9.54. The highest BCUT2D eigenvalue weighted by molar-refractivity contribution is 5.73. The first kappa shape index (κ1) is 26.8. The van der Waals surface area contributed by atoms with Gasteiger partial charge >= 0.3 is 0 Å². The molecule has 0 aliphatic heterocycles. The number of aryl methyl sites for hydroxylation is 1. The molecule has 0 fully saturated rings. The van der Waals surface area contributed by atoms with Crippen molar-refractivity contribution in [3.63, 3.8) is 0 Å². The summed E-state index contributed by atoms with van der Waals surface area (Å²) in [6.45, 7) is 5.59. The van der Waals surface area contributed by atoms with Gasteiger partial charge in [0.25, 0.3) is 0 Å². The normalized spacial score (nSPS) is 10.9. The van der Waals surface area contributed by atoms with Crippen LogP contribution >= 0.6 is 0 Å². The van der Waals surface area contributed by atoms with Gasteiger partial charge in [-0.2, -0.15) is 0 Å². The van der Waals surface area contributed by atoms with Gasteiger partial charge in [-0.15, -0.1) is 0 Å². The van der Waals surface area contributed by atoms with Crippen molar-refractivity contribution >= 4 is 0 Å². The van der Waals surface area contributed by atoms with Crippen LogP contribution in [0.15, 0.2) is 66.7 Å². The Kier molecular flexibility index (Phi) is 11.7. The van der Waals surface area contributed by atoms with Crippen LogP contribution in [-0.2, 0) is 13.0 Å². The highest BCUT2D eigenvalue weighted by Gasteiger charge is 2.14. The van der Waals surface area contributed by atoms with E-state index >= 15 is 0 Å². The molecule has 35 heavy (non-hydrogen) atoms. The van der Waals surface area contributed by atoms with Crippen molar-refractivity contribution in [1.29, 1.82) is 0 Å². The Balaban J connectivity index is 1.64. The summed E-state index contributed by atoms with van der Waals surface area (Å²) in [5.41, 5.74) is 4.16. The van der Waals surface area contributed by atoms with Gasteiger partial charge in [-0.3, -0.25) is 0 Å². The summed E-state index contributed by atoms with van der Waals surface area (Å²) in [5, 5.41) is 0. The first-order chi connectivity index (χ1) is 17.2. The SMILES string of the molecule is CCCCCCCCCCCOc1cc(OCc2ccccc2)c(-c2ccc(F)cc2)cc1CC. The third-order valence-corrected chi connectivity index (χ3v) is 6.44. The third-order valence-electron chi connectivity index (χ3n) is 6.44. The van der Waals surface area contributed by atoms with Crippen LogP contribution in [0.2, 0.25) is 0 Å². The minimum Gasteiger partial charge on any atom is -0.493 e. The minimum absolute atomic E-state index is 0.239. The van der Waals surface area contributed by atoms with E-state index in [0.717, 1.165) is 53.2 Å². The van der Waals surface area contributed by atoms with E-state index in [4.69, 9.17) is 9.47 Å². The zero-order chi connectivity index (χ0) is 24.7. The molecule has 3 aromatic carbocycles. The zero-order valence-electron chi connectivity index (χ0n) is 21.5. The largest absolute Gasteiger partial charge is 0.493 e. The average molecular weight is 477 g/mol. The zero-order valence-corrected chi connectivity index (χ0v) is 21.5. The van der Waals surface area contributed by atoms with Gasteiger partial charge in [0.2, 0.25) is 0 Å². The van der Waals surface area contributed by atoms with Crippen LogP contribution in [0.4, 0.5) is 4.39 Å². The minimum atomic E-state index is -0.239. The predicted molar refractivity (Wildman–Crippen MR) is 145 cm³/mol. The van der Waals surface area contributed by atoms with Crippen LogP contribution in [0, 0.1) is 5.82 Å². The first-order valence-corrected chi connectivity index (χ1v) is 13.4. The summed E-state index contributed by atoms with van der Waals surface area (Å²) in [6, 6.07) is 20.9. The maximum absolute atomic E-state index is 13.6. The van der Waals surface area contributed by atoms with E-state index in [1.165, 1.54) is 63.5 Å². The van der Waals surface area contributed by atoms with Gasteiger partial charge in [0.05, 0.1) is 6.61 Å². The molecule has 3 rings (SSSR count). The van der Waals surface area contributed by atoms with Gasteiger partial charge in [0.1, 0.15) is 23.9 Å². The number of halogens is 1. The first-order valence-electron chi connectivity index (χ1n) is 13.4. The highest BCUT2D eigenvalue weighted by atomic mass is 19.1. The number of hydrogen-bond acceptors (Lipinski definition) is 2. The molecule has 0 atom stereocenters. The van der Waals surface area contributed by atoms with Crippen molar-refractivity contribution in [1.82, 2.24) is 0 Å². The van der Waals surface area contributed by atoms with Crippen molar-refractivity contribution in [3.8, 4) is 22.6 Å². The molecular weight excluding hydrogens is 435 g/mol. The van der Waals surface area contributed by atoms with E-state index in [-0.39, 0.29) is 5.82 Å². The lowest BCUT2D eigenvalue weighted by atomic mass is 9.99. The molecule has 3 heteroatoms. The van der Waals surface area contributed by atoms with Crippen LogP contribution in [0.25, 0.3) is 11.1 Å². The highest BCUT2D eigenvalue weighted by Crippen LogP contribution is 2.37. The van der Waals surface area contributed by atoms with Crippen molar-refractivity contribution in [2.45, 2.75) is 84.7 Å². The quantitative estimate of drug-likeness (QED) is 0.192. The summed E-state index contributed by atoms with van der Waals surface area (Å²) in [5.74, 6) is 1.41. The van der Waals surface area contributed by atoms with Crippen molar-refractivity contribution in [2.75, 3.05) is 6.61 Å². The Labute approximate surface area is 211 Å². The molecule has 3 aromatic rings. The van der Waals surface area contributed by atoms with Gasteiger partial charge in [-0.1, -0.05) is 108 Å². The number of hydrogen-bond donors (Lipinski definition) is 0. The molecule has 0 bridgehead atoms. The number of unbranched alkanes of at least 4 members (excludes halogenated alkanes) is 8. The Morgan fingerprint density at radius 1 is 0.657 bits per heavy atom. The number of ether oxygens (including phenoxy) is 2. The third kappa shape index (κ3) is 9.05. The Morgan fingerprint density at radius 2 is 1.31 bits per heavy atom. The molecule has 2 nitrogen and oxygen atoms in total. The van der Waals surface area contributed by atoms with Gasteiger partial charge < -0.3 is 9.47 Å². The van der Waals surface area contributed by atoms with E-state index in [1.54, 1.807) is 0 Å². The van der Waals surface area contributed by atoms with Gasteiger partial charge in [0.15, 0.2) is 0 Å². The van der Waals surface area contributed by atoms with E-state index < -0.39 is 0 Å². The average Bonchev–Trinajstić information content (AvgIpc) is 2.89. The maximum Gasteiger partial charge on any atom is 0.131 e. The lowest BCUT2D eigenvalue weighted by Crippen LogP contribution is -2.03. The molecule has 188 valence electrons. The topological polar surface area (TPSA) is 18.5 Å². The van der Waals surface area contributed by atoms with Gasteiger partial charge in [-0.25, -0.2) is 4.39 Å². The molecular formula is C32H41FO2.